The van der Waals surface area contributed by atoms with Gasteiger partial charge in [0.1, 0.15) is 5.82 Å². The zero-order valence-electron chi connectivity index (χ0n) is 14.1. The minimum absolute atomic E-state index is 0.226. The van der Waals surface area contributed by atoms with Crippen molar-refractivity contribution in [3.8, 4) is 0 Å². The van der Waals surface area contributed by atoms with Crippen molar-refractivity contribution in [3.63, 3.8) is 0 Å². The molecule has 2 fully saturated rings. The van der Waals surface area contributed by atoms with Gasteiger partial charge in [-0.3, -0.25) is 4.79 Å². The summed E-state index contributed by atoms with van der Waals surface area (Å²) in [5, 5.41) is 6.58. The molecule has 0 spiro atoms. The van der Waals surface area contributed by atoms with E-state index in [1.165, 1.54) is 12.0 Å². The molecule has 5 heteroatoms. The highest BCUT2D eigenvalue weighted by Gasteiger charge is 2.22. The van der Waals surface area contributed by atoms with Gasteiger partial charge >= 0.3 is 0 Å². The summed E-state index contributed by atoms with van der Waals surface area (Å²) < 4.78 is 0. The van der Waals surface area contributed by atoms with Gasteiger partial charge in [0.15, 0.2) is 0 Å². The second-order valence-corrected chi connectivity index (χ2v) is 6.92. The van der Waals surface area contributed by atoms with Crippen LogP contribution in [-0.4, -0.2) is 43.1 Å². The van der Waals surface area contributed by atoms with Crippen molar-refractivity contribution < 1.29 is 4.79 Å². The molecule has 0 bridgehead atoms. The van der Waals surface area contributed by atoms with E-state index in [0.717, 1.165) is 51.3 Å². The van der Waals surface area contributed by atoms with Gasteiger partial charge in [0, 0.05) is 31.7 Å². The fourth-order valence-corrected chi connectivity index (χ4v) is 3.50. The highest BCUT2D eigenvalue weighted by Crippen LogP contribution is 2.19. The minimum Gasteiger partial charge on any atom is -0.356 e. The third kappa shape index (κ3) is 4.67. The van der Waals surface area contributed by atoms with Crippen LogP contribution in [0.15, 0.2) is 18.3 Å². The molecular formula is C18H28N4O. The molecule has 1 aromatic heterocycles. The van der Waals surface area contributed by atoms with Crippen molar-refractivity contribution in [2.75, 3.05) is 31.1 Å². The van der Waals surface area contributed by atoms with E-state index in [4.69, 9.17) is 0 Å². The standard InChI is InChI=1S/C18H28N4O/c1-14-2-4-17(20-12-14)22-10-7-16(8-11-22)21-18(23)5-3-15-6-9-19-13-15/h2,4,12,15-16,19H,3,5-11,13H2,1H3,(H,21,23). The maximum absolute atomic E-state index is 12.1. The molecule has 126 valence electrons. The predicted octanol–water partition coefficient (Wildman–Crippen LogP) is 1.86. The molecule has 2 saturated heterocycles. The van der Waals surface area contributed by atoms with Gasteiger partial charge in [0.2, 0.25) is 5.91 Å². The van der Waals surface area contributed by atoms with E-state index >= 15 is 0 Å². The number of hydrogen-bond acceptors (Lipinski definition) is 4. The monoisotopic (exact) mass is 316 g/mol. The van der Waals surface area contributed by atoms with Crippen LogP contribution in [-0.2, 0) is 4.79 Å². The number of pyridine rings is 1. The molecule has 1 atom stereocenters. The summed E-state index contributed by atoms with van der Waals surface area (Å²) in [5.74, 6) is 1.97. The molecular weight excluding hydrogens is 288 g/mol. The van der Waals surface area contributed by atoms with E-state index in [9.17, 15) is 4.79 Å². The Kier molecular flexibility index (Phi) is 5.49. The van der Waals surface area contributed by atoms with E-state index in [-0.39, 0.29) is 5.91 Å². The van der Waals surface area contributed by atoms with Gasteiger partial charge in [-0.1, -0.05) is 6.07 Å². The number of carbonyl (C=O) groups excluding carboxylic acids is 1. The molecule has 3 rings (SSSR count). The summed E-state index contributed by atoms with van der Waals surface area (Å²) in [5.41, 5.74) is 1.19. The summed E-state index contributed by atoms with van der Waals surface area (Å²) in [6.07, 6.45) is 6.84. The fraction of sp³-hybridized carbons (Fsp3) is 0.667. The van der Waals surface area contributed by atoms with Gasteiger partial charge in [-0.05, 0) is 63.2 Å². The van der Waals surface area contributed by atoms with Crippen LogP contribution in [0.1, 0.15) is 37.7 Å². The Morgan fingerprint density at radius 1 is 1.35 bits per heavy atom. The number of aryl methyl sites for hydroxylation is 1. The van der Waals surface area contributed by atoms with Crippen molar-refractivity contribution in [2.24, 2.45) is 5.92 Å². The lowest BCUT2D eigenvalue weighted by Crippen LogP contribution is -2.45. The molecule has 23 heavy (non-hydrogen) atoms. The molecule has 1 unspecified atom stereocenters. The van der Waals surface area contributed by atoms with Crippen molar-refractivity contribution in [2.45, 2.75) is 45.1 Å². The van der Waals surface area contributed by atoms with Gasteiger partial charge < -0.3 is 15.5 Å². The smallest absolute Gasteiger partial charge is 0.220 e. The highest BCUT2D eigenvalue weighted by molar-refractivity contribution is 5.76. The molecule has 2 aliphatic heterocycles. The lowest BCUT2D eigenvalue weighted by molar-refractivity contribution is -0.122. The molecule has 2 aliphatic rings. The topological polar surface area (TPSA) is 57.3 Å². The lowest BCUT2D eigenvalue weighted by atomic mass is 10.0. The van der Waals surface area contributed by atoms with E-state index in [1.807, 2.05) is 6.20 Å². The zero-order chi connectivity index (χ0) is 16.1. The highest BCUT2D eigenvalue weighted by atomic mass is 16.1. The summed E-state index contributed by atoms with van der Waals surface area (Å²) >= 11 is 0. The number of aromatic nitrogens is 1. The van der Waals surface area contributed by atoms with Crippen LogP contribution >= 0.6 is 0 Å². The van der Waals surface area contributed by atoms with E-state index in [0.29, 0.717) is 18.4 Å². The number of piperidine rings is 1. The number of anilines is 1. The van der Waals surface area contributed by atoms with Crippen LogP contribution in [0.4, 0.5) is 5.82 Å². The van der Waals surface area contributed by atoms with Gasteiger partial charge in [0.25, 0.3) is 0 Å². The summed E-state index contributed by atoms with van der Waals surface area (Å²) in [6.45, 7) is 6.17. The number of nitrogens with zero attached hydrogens (tertiary/aromatic N) is 2. The van der Waals surface area contributed by atoms with Crippen molar-refractivity contribution in [1.29, 1.82) is 0 Å². The molecule has 3 heterocycles. The molecule has 2 N–H and O–H groups in total. The Morgan fingerprint density at radius 2 is 2.17 bits per heavy atom. The number of rotatable bonds is 5. The fourth-order valence-electron chi connectivity index (χ4n) is 3.50. The van der Waals surface area contributed by atoms with Crippen LogP contribution in [0.2, 0.25) is 0 Å². The van der Waals surface area contributed by atoms with E-state index < -0.39 is 0 Å². The quantitative estimate of drug-likeness (QED) is 0.871. The van der Waals surface area contributed by atoms with Crippen molar-refractivity contribution >= 4 is 11.7 Å². The van der Waals surface area contributed by atoms with Crippen molar-refractivity contribution in [3.05, 3.63) is 23.9 Å². The first-order chi connectivity index (χ1) is 11.2. The van der Waals surface area contributed by atoms with Crippen LogP contribution in [0.3, 0.4) is 0 Å². The van der Waals surface area contributed by atoms with E-state index in [2.05, 4.69) is 39.6 Å². The Hall–Kier alpha value is -1.62. The number of carbonyl (C=O) groups is 1. The van der Waals surface area contributed by atoms with Gasteiger partial charge in [-0.15, -0.1) is 0 Å². The third-order valence-corrected chi connectivity index (χ3v) is 5.02. The zero-order valence-corrected chi connectivity index (χ0v) is 14.1. The first kappa shape index (κ1) is 16.2. The maximum Gasteiger partial charge on any atom is 0.220 e. The number of hydrogen-bond donors (Lipinski definition) is 2. The predicted molar refractivity (Wildman–Crippen MR) is 92.6 cm³/mol. The molecule has 0 saturated carbocycles. The van der Waals surface area contributed by atoms with Crippen LogP contribution in [0.25, 0.3) is 0 Å². The normalized spacial score (nSPS) is 22.3. The minimum atomic E-state index is 0.226. The molecule has 0 radical (unpaired) electrons. The van der Waals surface area contributed by atoms with Crippen LogP contribution in [0, 0.1) is 12.8 Å². The Balaban J connectivity index is 1.38. The Bertz CT molecular complexity index is 502. The Labute approximate surface area is 138 Å². The number of amides is 1. The van der Waals surface area contributed by atoms with Gasteiger partial charge in [-0.2, -0.15) is 0 Å². The summed E-state index contributed by atoms with van der Waals surface area (Å²) in [6, 6.07) is 4.52. The van der Waals surface area contributed by atoms with Gasteiger partial charge in [0.05, 0.1) is 0 Å². The molecule has 1 aromatic rings. The Morgan fingerprint density at radius 3 is 2.83 bits per heavy atom. The average molecular weight is 316 g/mol. The molecule has 0 aliphatic carbocycles. The lowest BCUT2D eigenvalue weighted by Gasteiger charge is -2.33. The average Bonchev–Trinajstić information content (AvgIpc) is 3.08. The molecule has 5 nitrogen and oxygen atoms in total. The maximum atomic E-state index is 12.1. The van der Waals surface area contributed by atoms with Gasteiger partial charge in [-0.25, -0.2) is 4.98 Å². The van der Waals surface area contributed by atoms with E-state index in [1.54, 1.807) is 0 Å². The summed E-state index contributed by atoms with van der Waals surface area (Å²) in [4.78, 5) is 18.9. The number of nitrogens with one attached hydrogen (secondary N) is 2. The second-order valence-electron chi connectivity index (χ2n) is 6.92. The SMILES string of the molecule is Cc1ccc(N2CCC(NC(=O)CCC3CCNC3)CC2)nc1. The second kappa shape index (κ2) is 7.77. The summed E-state index contributed by atoms with van der Waals surface area (Å²) in [7, 11) is 0. The van der Waals surface area contributed by atoms with Crippen LogP contribution in [0.5, 0.6) is 0 Å². The first-order valence-electron chi connectivity index (χ1n) is 8.88. The van der Waals surface area contributed by atoms with Crippen LogP contribution < -0.4 is 15.5 Å². The molecule has 0 aromatic carbocycles. The van der Waals surface area contributed by atoms with Crippen molar-refractivity contribution in [1.82, 2.24) is 15.6 Å². The largest absolute Gasteiger partial charge is 0.356 e. The molecule has 1 amide bonds. The first-order valence-corrected chi connectivity index (χ1v) is 8.88. The third-order valence-electron chi connectivity index (χ3n) is 5.02.